The standard InChI is InChI=1S/C17H15Cl2NO4.C11H12Cl2O3.C9H8Cl2O3.C6H4Cl2O.C5H10O3.C4H8O/c1-10(24-14-5-3-12(18)7-13(14)19)17(21)20-8-11-2-4-15-16(6-11)23-9-22-15;1-3-15-11(14)7(2)16-10-5-4-8(12)6-9(10)13;1-5(9(12)13)14-8-3-2-6(10)4-7(8)11;7-4-1-2-6(9)5(8)3-4;1-3-8-5(7)4(2)6;1-2-4-5-3-1/h2-7,10H,8-9H2,1H3,(H,20,21);4-7H,3H2,1-2H3;2-5H,1H3,(H,12,13);1-3,9H;4,6H,3H2,1-2H3;1-4H2/t10-;7-;5-;;4-;/m000.1./s1. The number of carboxylic acid groups (broad SMARTS) is 1. The van der Waals surface area contributed by atoms with Gasteiger partial charge in [0.05, 0.1) is 33.3 Å². The second-order valence-electron chi connectivity index (χ2n) is 15.3. The first-order valence-corrected chi connectivity index (χ1v) is 26.0. The van der Waals surface area contributed by atoms with Crippen molar-refractivity contribution in [2.45, 2.75) is 85.3 Å². The Hall–Kier alpha value is -4.98. The van der Waals surface area contributed by atoms with Crippen LogP contribution in [0.2, 0.25) is 40.2 Å². The summed E-state index contributed by atoms with van der Waals surface area (Å²) in [6.07, 6.45) is -0.764. The number of carbonyl (C=O) groups excluding carboxylic acids is 3. The van der Waals surface area contributed by atoms with E-state index < -0.39 is 42.3 Å². The molecule has 0 saturated carbocycles. The van der Waals surface area contributed by atoms with Gasteiger partial charge in [-0.05, 0) is 145 Å². The van der Waals surface area contributed by atoms with Crippen LogP contribution < -0.4 is 29.0 Å². The number of hydrogen-bond acceptors (Lipinski definition) is 14. The number of halogens is 8. The molecule has 416 valence electrons. The van der Waals surface area contributed by atoms with Crippen LogP contribution in [0.25, 0.3) is 0 Å². The second-order valence-corrected chi connectivity index (χ2v) is 18.7. The molecule has 24 heteroatoms. The summed E-state index contributed by atoms with van der Waals surface area (Å²) in [6.45, 7) is 12.7. The summed E-state index contributed by atoms with van der Waals surface area (Å²) in [5, 5.41) is 32.1. The Kier molecular flexibility index (Phi) is 32.0. The number of hydrogen-bond donors (Lipinski definition) is 4. The van der Waals surface area contributed by atoms with E-state index in [0.717, 1.165) is 18.8 Å². The van der Waals surface area contributed by atoms with Gasteiger partial charge in [0.1, 0.15) is 29.1 Å². The minimum absolute atomic E-state index is 0.0565. The lowest BCUT2D eigenvalue weighted by Crippen LogP contribution is -2.35. The van der Waals surface area contributed by atoms with Gasteiger partial charge in [-0.2, -0.15) is 0 Å². The van der Waals surface area contributed by atoms with Gasteiger partial charge in [0.2, 0.25) is 6.79 Å². The third-order valence-corrected chi connectivity index (χ3v) is 11.3. The van der Waals surface area contributed by atoms with Gasteiger partial charge in [-0.3, -0.25) is 4.79 Å². The van der Waals surface area contributed by atoms with Crippen LogP contribution in [0.4, 0.5) is 0 Å². The molecule has 2 heterocycles. The SMILES string of the molecule is C1CCOC1.CCOC(=O)[C@@H](C)O.CCOC(=O)[C@H](C)Oc1ccc(Cl)cc1Cl.C[C@H](Oc1ccc(Cl)cc1Cl)C(=O)NCc1ccc2c(c1)OCO2.C[C@H](Oc1ccc(Cl)cc1Cl)C(=O)O.Oc1ccc(Cl)cc1Cl. The zero-order chi connectivity index (χ0) is 56.9. The van der Waals surface area contributed by atoms with Crippen molar-refractivity contribution >= 4 is 117 Å². The zero-order valence-corrected chi connectivity index (χ0v) is 47.9. The van der Waals surface area contributed by atoms with E-state index >= 15 is 0 Å². The summed E-state index contributed by atoms with van der Waals surface area (Å²) >= 11 is 45.9. The number of phenols is 1. The lowest BCUT2D eigenvalue weighted by atomic mass is 10.2. The number of esters is 2. The summed E-state index contributed by atoms with van der Waals surface area (Å²) < 4.78 is 40.7. The van der Waals surface area contributed by atoms with Crippen LogP contribution in [0.15, 0.2) is 91.0 Å². The van der Waals surface area contributed by atoms with Crippen LogP contribution in [-0.4, -0.2) is 96.8 Å². The molecule has 4 N–H and O–H groups in total. The van der Waals surface area contributed by atoms with E-state index in [1.54, 1.807) is 76.2 Å². The molecule has 5 aromatic rings. The van der Waals surface area contributed by atoms with E-state index in [1.165, 1.54) is 51.0 Å². The molecular weight excluding hydrogens is 1160 g/mol. The zero-order valence-electron chi connectivity index (χ0n) is 41.9. The van der Waals surface area contributed by atoms with Crippen LogP contribution in [0.1, 0.15) is 59.9 Å². The summed E-state index contributed by atoms with van der Waals surface area (Å²) in [6, 6.07) is 24.3. The minimum atomic E-state index is -1.05. The fraction of sp³-hybridized carbons (Fsp3) is 0.346. The van der Waals surface area contributed by atoms with Crippen LogP contribution in [-0.2, 0) is 39.9 Å². The summed E-state index contributed by atoms with van der Waals surface area (Å²) in [7, 11) is 0. The number of carboxylic acids is 1. The lowest BCUT2D eigenvalue weighted by molar-refractivity contribution is -0.152. The number of phenolic OH excluding ortho intramolecular Hbond substituents is 1. The molecule has 0 aromatic heterocycles. The number of amides is 1. The Balaban J connectivity index is 0.000000334. The topological polar surface area (TPSA) is 215 Å². The molecule has 1 fully saturated rings. The van der Waals surface area contributed by atoms with Crippen molar-refractivity contribution in [2.75, 3.05) is 33.2 Å². The molecular formula is C52H57Cl8NO15. The highest BCUT2D eigenvalue weighted by atomic mass is 35.5. The molecule has 0 aliphatic carbocycles. The monoisotopic (exact) mass is 1220 g/mol. The molecule has 2 aliphatic heterocycles. The van der Waals surface area contributed by atoms with Crippen molar-refractivity contribution in [1.29, 1.82) is 0 Å². The van der Waals surface area contributed by atoms with Crippen molar-refractivity contribution in [3.8, 4) is 34.5 Å². The predicted octanol–water partition coefficient (Wildman–Crippen LogP) is 13.4. The van der Waals surface area contributed by atoms with Gasteiger partial charge >= 0.3 is 17.9 Å². The first-order chi connectivity index (χ1) is 35.9. The minimum Gasteiger partial charge on any atom is -0.506 e. The predicted molar refractivity (Wildman–Crippen MR) is 295 cm³/mol. The van der Waals surface area contributed by atoms with Crippen molar-refractivity contribution in [3.05, 3.63) is 137 Å². The molecule has 5 aromatic carbocycles. The summed E-state index contributed by atoms with van der Waals surface area (Å²) in [5.74, 6) is 0.291. The number of nitrogens with one attached hydrogen (secondary N) is 1. The van der Waals surface area contributed by atoms with E-state index in [-0.39, 0.29) is 23.5 Å². The average molecular weight is 1220 g/mol. The van der Waals surface area contributed by atoms with E-state index in [4.69, 9.17) is 141 Å². The van der Waals surface area contributed by atoms with Crippen molar-refractivity contribution in [3.63, 3.8) is 0 Å². The maximum atomic E-state index is 12.2. The van der Waals surface area contributed by atoms with E-state index in [9.17, 15) is 19.2 Å². The van der Waals surface area contributed by atoms with Gasteiger partial charge in [-0.15, -0.1) is 0 Å². The fourth-order valence-electron chi connectivity index (χ4n) is 5.33. The molecule has 76 heavy (non-hydrogen) atoms. The molecule has 0 spiro atoms. The van der Waals surface area contributed by atoms with Gasteiger partial charge in [0.25, 0.3) is 5.91 Å². The summed E-state index contributed by atoms with van der Waals surface area (Å²) in [5.41, 5.74) is 0.907. The third-order valence-electron chi connectivity index (χ3n) is 9.20. The van der Waals surface area contributed by atoms with Crippen molar-refractivity contribution < 1.29 is 72.4 Å². The highest BCUT2D eigenvalue weighted by Gasteiger charge is 2.19. The molecule has 16 nitrogen and oxygen atoms in total. The molecule has 0 bridgehead atoms. The van der Waals surface area contributed by atoms with Crippen LogP contribution in [0.5, 0.6) is 34.5 Å². The molecule has 4 atom stereocenters. The average Bonchev–Trinajstić information content (AvgIpc) is 4.12. The smallest absolute Gasteiger partial charge is 0.347 e. The van der Waals surface area contributed by atoms with Crippen molar-refractivity contribution in [1.82, 2.24) is 5.32 Å². The van der Waals surface area contributed by atoms with Gasteiger partial charge in [0.15, 0.2) is 29.8 Å². The van der Waals surface area contributed by atoms with Crippen molar-refractivity contribution in [2.24, 2.45) is 0 Å². The number of aromatic hydroxyl groups is 1. The van der Waals surface area contributed by atoms with Gasteiger partial charge < -0.3 is 58.5 Å². The van der Waals surface area contributed by atoms with Crippen LogP contribution >= 0.6 is 92.8 Å². The fourth-order valence-corrected chi connectivity index (χ4v) is 7.10. The molecule has 1 saturated heterocycles. The highest BCUT2D eigenvalue weighted by molar-refractivity contribution is 6.37. The molecule has 0 unspecified atom stereocenters. The number of aliphatic hydroxyl groups is 1. The molecule has 0 radical (unpaired) electrons. The largest absolute Gasteiger partial charge is 0.506 e. The Labute approximate surface area is 481 Å². The first kappa shape index (κ1) is 67.1. The van der Waals surface area contributed by atoms with E-state index in [1.807, 2.05) is 18.2 Å². The second kappa shape index (κ2) is 36.2. The van der Waals surface area contributed by atoms with Crippen LogP contribution in [0, 0.1) is 0 Å². The maximum absolute atomic E-state index is 12.2. The number of carbonyl (C=O) groups is 4. The number of aliphatic carboxylic acids is 1. The third kappa shape index (κ3) is 26.4. The highest BCUT2D eigenvalue weighted by Crippen LogP contribution is 2.33. The van der Waals surface area contributed by atoms with Gasteiger partial charge in [-0.25, -0.2) is 14.4 Å². The number of benzene rings is 5. The Morgan fingerprint density at radius 1 is 0.566 bits per heavy atom. The number of fused-ring (bicyclic) bond motifs is 1. The first-order valence-electron chi connectivity index (χ1n) is 22.9. The summed E-state index contributed by atoms with van der Waals surface area (Å²) in [4.78, 5) is 44.2. The number of ether oxygens (including phenoxy) is 8. The van der Waals surface area contributed by atoms with Gasteiger partial charge in [0, 0.05) is 39.8 Å². The normalized spacial score (nSPS) is 13.1. The molecule has 2 aliphatic rings. The quantitative estimate of drug-likeness (QED) is 0.0761. The lowest BCUT2D eigenvalue weighted by Gasteiger charge is -2.16. The van der Waals surface area contributed by atoms with E-state index in [0.29, 0.717) is 83.7 Å². The molecule has 1 amide bonds. The number of rotatable bonds is 14. The Morgan fingerprint density at radius 2 is 1.00 bits per heavy atom. The van der Waals surface area contributed by atoms with E-state index in [2.05, 4.69) is 10.1 Å². The Morgan fingerprint density at radius 3 is 1.39 bits per heavy atom. The molecule has 7 rings (SSSR count). The van der Waals surface area contributed by atoms with Crippen LogP contribution in [0.3, 0.4) is 0 Å². The maximum Gasteiger partial charge on any atom is 0.347 e. The number of aliphatic hydroxyl groups excluding tert-OH is 1. The Bertz CT molecular complexity index is 2620. The van der Waals surface area contributed by atoms with Gasteiger partial charge in [-0.1, -0.05) is 98.9 Å².